The van der Waals surface area contributed by atoms with Crippen LogP contribution in [0.5, 0.6) is 5.75 Å². The van der Waals surface area contributed by atoms with Crippen molar-refractivity contribution < 1.29 is 14.1 Å². The first-order valence-corrected chi connectivity index (χ1v) is 8.46. The maximum atomic E-state index is 12.1. The van der Waals surface area contributed by atoms with Crippen molar-refractivity contribution in [1.29, 1.82) is 0 Å². The van der Waals surface area contributed by atoms with Crippen LogP contribution in [0.2, 0.25) is 5.02 Å². The molecule has 2 aromatic carbocycles. The van der Waals surface area contributed by atoms with E-state index in [1.165, 1.54) is 0 Å². The summed E-state index contributed by atoms with van der Waals surface area (Å²) in [6, 6.07) is 12.7. The van der Waals surface area contributed by atoms with Gasteiger partial charge in [-0.25, -0.2) is 0 Å². The molecule has 0 saturated carbocycles. The van der Waals surface area contributed by atoms with Crippen LogP contribution in [-0.2, 0) is 11.2 Å². The van der Waals surface area contributed by atoms with Gasteiger partial charge in [0.1, 0.15) is 5.75 Å². The summed E-state index contributed by atoms with van der Waals surface area (Å²) in [6.45, 7) is 1.91. The number of benzene rings is 2. The molecule has 0 spiro atoms. The Hall–Kier alpha value is -2.86. The van der Waals surface area contributed by atoms with Crippen molar-refractivity contribution in [2.24, 2.45) is 0 Å². The molecule has 6 nitrogen and oxygen atoms in total. The molecule has 7 heteroatoms. The third kappa shape index (κ3) is 4.40. The third-order valence-corrected chi connectivity index (χ3v) is 4.09. The highest BCUT2D eigenvalue weighted by atomic mass is 35.5. The van der Waals surface area contributed by atoms with Crippen molar-refractivity contribution in [3.8, 4) is 17.1 Å². The van der Waals surface area contributed by atoms with Gasteiger partial charge in [-0.3, -0.25) is 4.79 Å². The number of aryl methyl sites for hydroxylation is 2. The minimum absolute atomic E-state index is 0.139. The standard InChI is InChI=1S/C19H18ClN3O3/c1-12-3-6-14(20)11-16(12)21-17(24)9-10-18-22-19(23-26-18)13-4-7-15(25-2)8-5-13/h3-8,11H,9-10H2,1-2H3,(H,21,24). The maximum absolute atomic E-state index is 12.1. The zero-order valence-corrected chi connectivity index (χ0v) is 15.2. The average molecular weight is 372 g/mol. The number of hydrogen-bond acceptors (Lipinski definition) is 5. The predicted octanol–water partition coefficient (Wildman–Crippen LogP) is 4.28. The zero-order valence-electron chi connectivity index (χ0n) is 14.5. The number of methoxy groups -OCH3 is 1. The number of hydrogen-bond donors (Lipinski definition) is 1. The Morgan fingerprint density at radius 3 is 2.73 bits per heavy atom. The fraction of sp³-hybridized carbons (Fsp3) is 0.211. The van der Waals surface area contributed by atoms with Crippen LogP contribution in [0, 0.1) is 6.92 Å². The number of ether oxygens (including phenoxy) is 1. The molecule has 1 aromatic heterocycles. The molecule has 0 radical (unpaired) electrons. The van der Waals surface area contributed by atoms with E-state index in [-0.39, 0.29) is 12.3 Å². The number of anilines is 1. The number of nitrogens with zero attached hydrogens (tertiary/aromatic N) is 2. The summed E-state index contributed by atoms with van der Waals surface area (Å²) < 4.78 is 10.3. The minimum atomic E-state index is -0.139. The number of carbonyl (C=O) groups is 1. The molecule has 1 heterocycles. The van der Waals surface area contributed by atoms with Gasteiger partial charge in [0.15, 0.2) is 0 Å². The quantitative estimate of drug-likeness (QED) is 0.699. The van der Waals surface area contributed by atoms with Crippen LogP contribution in [0.15, 0.2) is 47.0 Å². The van der Waals surface area contributed by atoms with Gasteiger partial charge in [-0.1, -0.05) is 22.8 Å². The van der Waals surface area contributed by atoms with Gasteiger partial charge in [-0.15, -0.1) is 0 Å². The Balaban J connectivity index is 1.58. The SMILES string of the molecule is COc1ccc(-c2noc(CCC(=O)Nc3cc(Cl)ccc3C)n2)cc1. The molecule has 0 saturated heterocycles. The van der Waals surface area contributed by atoms with Crippen molar-refractivity contribution in [3.63, 3.8) is 0 Å². The molecule has 3 rings (SSSR count). The van der Waals surface area contributed by atoms with E-state index in [9.17, 15) is 4.79 Å². The molecule has 1 N–H and O–H groups in total. The van der Waals surface area contributed by atoms with Gasteiger partial charge in [0.05, 0.1) is 7.11 Å². The topological polar surface area (TPSA) is 77.2 Å². The van der Waals surface area contributed by atoms with E-state index < -0.39 is 0 Å². The molecule has 0 aliphatic heterocycles. The first kappa shape index (κ1) is 17.9. The van der Waals surface area contributed by atoms with E-state index in [0.29, 0.717) is 28.8 Å². The molecule has 1 amide bonds. The average Bonchev–Trinajstić information content (AvgIpc) is 3.12. The molecule has 3 aromatic rings. The summed E-state index contributed by atoms with van der Waals surface area (Å²) in [4.78, 5) is 16.5. The second-order valence-corrected chi connectivity index (χ2v) is 6.18. The van der Waals surface area contributed by atoms with E-state index in [4.69, 9.17) is 20.9 Å². The van der Waals surface area contributed by atoms with Gasteiger partial charge in [-0.2, -0.15) is 4.98 Å². The summed E-state index contributed by atoms with van der Waals surface area (Å²) in [6.07, 6.45) is 0.588. The van der Waals surface area contributed by atoms with E-state index >= 15 is 0 Å². The Morgan fingerprint density at radius 2 is 2.00 bits per heavy atom. The van der Waals surface area contributed by atoms with Crippen LogP contribution in [0.25, 0.3) is 11.4 Å². The zero-order chi connectivity index (χ0) is 18.5. The monoisotopic (exact) mass is 371 g/mol. The molecule has 0 unspecified atom stereocenters. The Bertz CT molecular complexity index is 907. The van der Waals surface area contributed by atoms with E-state index in [1.807, 2.05) is 37.3 Å². The first-order valence-electron chi connectivity index (χ1n) is 8.08. The molecule has 0 bridgehead atoms. The van der Waals surface area contributed by atoms with Crippen LogP contribution >= 0.6 is 11.6 Å². The lowest BCUT2D eigenvalue weighted by molar-refractivity contribution is -0.116. The van der Waals surface area contributed by atoms with Crippen molar-refractivity contribution in [1.82, 2.24) is 10.1 Å². The summed E-state index contributed by atoms with van der Waals surface area (Å²) in [7, 11) is 1.61. The fourth-order valence-electron chi connectivity index (χ4n) is 2.38. The number of halogens is 1. The number of rotatable bonds is 6. The smallest absolute Gasteiger partial charge is 0.227 e. The summed E-state index contributed by atoms with van der Waals surface area (Å²) in [5, 5.41) is 7.37. The Labute approximate surface area is 156 Å². The van der Waals surface area contributed by atoms with Gasteiger partial charge in [-0.05, 0) is 48.9 Å². The van der Waals surface area contributed by atoms with Gasteiger partial charge >= 0.3 is 0 Å². The minimum Gasteiger partial charge on any atom is -0.497 e. The fourth-order valence-corrected chi connectivity index (χ4v) is 2.55. The largest absolute Gasteiger partial charge is 0.497 e. The first-order chi connectivity index (χ1) is 12.5. The third-order valence-electron chi connectivity index (χ3n) is 3.86. The summed E-state index contributed by atoms with van der Waals surface area (Å²) in [5.41, 5.74) is 2.47. The summed E-state index contributed by atoms with van der Waals surface area (Å²) >= 11 is 5.96. The second kappa shape index (κ2) is 8.01. The molecular formula is C19H18ClN3O3. The van der Waals surface area contributed by atoms with Crippen LogP contribution in [0.3, 0.4) is 0 Å². The van der Waals surface area contributed by atoms with Crippen LogP contribution in [-0.4, -0.2) is 23.2 Å². The lowest BCUT2D eigenvalue weighted by Gasteiger charge is -2.08. The Morgan fingerprint density at radius 1 is 1.23 bits per heavy atom. The van der Waals surface area contributed by atoms with Gasteiger partial charge in [0, 0.05) is 29.1 Å². The van der Waals surface area contributed by atoms with Crippen LogP contribution in [0.1, 0.15) is 17.9 Å². The normalized spacial score (nSPS) is 10.6. The molecular weight excluding hydrogens is 354 g/mol. The van der Waals surface area contributed by atoms with Crippen molar-refractivity contribution in [2.75, 3.05) is 12.4 Å². The van der Waals surface area contributed by atoms with Crippen molar-refractivity contribution in [3.05, 3.63) is 58.9 Å². The van der Waals surface area contributed by atoms with Crippen LogP contribution < -0.4 is 10.1 Å². The van der Waals surface area contributed by atoms with Crippen molar-refractivity contribution >= 4 is 23.2 Å². The van der Waals surface area contributed by atoms with E-state index in [2.05, 4.69) is 15.5 Å². The Kier molecular flexibility index (Phi) is 5.53. The molecule has 0 atom stereocenters. The second-order valence-electron chi connectivity index (χ2n) is 5.75. The maximum Gasteiger partial charge on any atom is 0.227 e. The van der Waals surface area contributed by atoms with E-state index in [1.54, 1.807) is 19.2 Å². The lowest BCUT2D eigenvalue weighted by Crippen LogP contribution is -2.13. The van der Waals surface area contributed by atoms with Crippen LogP contribution in [0.4, 0.5) is 5.69 Å². The summed E-state index contributed by atoms with van der Waals surface area (Å²) in [5.74, 6) is 1.51. The number of aromatic nitrogens is 2. The molecule has 0 aliphatic rings. The van der Waals surface area contributed by atoms with Crippen molar-refractivity contribution in [2.45, 2.75) is 19.8 Å². The molecule has 134 valence electrons. The predicted molar refractivity (Wildman–Crippen MR) is 99.4 cm³/mol. The van der Waals surface area contributed by atoms with E-state index in [0.717, 1.165) is 16.9 Å². The highest BCUT2D eigenvalue weighted by Gasteiger charge is 2.12. The highest BCUT2D eigenvalue weighted by Crippen LogP contribution is 2.21. The lowest BCUT2D eigenvalue weighted by atomic mass is 10.2. The molecule has 0 fully saturated rings. The van der Waals surface area contributed by atoms with Gasteiger partial charge < -0.3 is 14.6 Å². The number of amides is 1. The molecule has 0 aliphatic carbocycles. The number of carbonyl (C=O) groups excluding carboxylic acids is 1. The van der Waals surface area contributed by atoms with Gasteiger partial charge in [0.25, 0.3) is 0 Å². The molecule has 26 heavy (non-hydrogen) atoms. The number of nitrogens with one attached hydrogen (secondary N) is 1. The van der Waals surface area contributed by atoms with Gasteiger partial charge in [0.2, 0.25) is 17.6 Å². The highest BCUT2D eigenvalue weighted by molar-refractivity contribution is 6.31.